The Morgan fingerprint density at radius 2 is 2.31 bits per heavy atom. The molecule has 2 aromatic rings. The lowest BCUT2D eigenvalue weighted by atomic mass is 10.1. The number of thiophene rings is 1. The molecule has 16 heavy (non-hydrogen) atoms. The number of nitrogens with one attached hydrogen (secondary N) is 1. The van der Waals surface area contributed by atoms with Crippen LogP contribution in [-0.2, 0) is 6.42 Å². The zero-order valence-corrected chi connectivity index (χ0v) is 10.9. The number of thiazole rings is 1. The van der Waals surface area contributed by atoms with Gasteiger partial charge in [-0.2, -0.15) is 0 Å². The van der Waals surface area contributed by atoms with Crippen molar-refractivity contribution in [3.63, 3.8) is 0 Å². The highest BCUT2D eigenvalue weighted by Crippen LogP contribution is 2.32. The number of likely N-dealkylation sites (N-methyl/N-ethyl adjacent to an activating group) is 1. The average Bonchev–Trinajstić information content (AvgIpc) is 2.96. The van der Waals surface area contributed by atoms with Crippen LogP contribution in [0.25, 0.3) is 0 Å². The molecular formula is C11H14N2OS2. The third kappa shape index (κ3) is 2.42. The van der Waals surface area contributed by atoms with E-state index in [1.807, 2.05) is 24.7 Å². The van der Waals surface area contributed by atoms with E-state index in [1.54, 1.807) is 29.8 Å². The van der Waals surface area contributed by atoms with Gasteiger partial charge in [0.1, 0.15) is 5.75 Å². The number of ether oxygens (including phenoxy) is 1. The predicted octanol–water partition coefficient (Wildman–Crippen LogP) is 2.72. The second kappa shape index (κ2) is 5.43. The lowest BCUT2D eigenvalue weighted by Gasteiger charge is -2.14. The zero-order chi connectivity index (χ0) is 11.4. The molecule has 5 heteroatoms. The van der Waals surface area contributed by atoms with E-state index >= 15 is 0 Å². The SMILES string of the molecule is CNC(Cc1nccs1)c1sccc1OC. The molecule has 1 N–H and O–H groups in total. The fourth-order valence-electron chi connectivity index (χ4n) is 1.59. The number of nitrogens with zero attached hydrogens (tertiary/aromatic N) is 1. The van der Waals surface area contributed by atoms with Crippen molar-refractivity contribution in [2.75, 3.05) is 14.2 Å². The molecule has 0 spiro atoms. The van der Waals surface area contributed by atoms with E-state index in [0.29, 0.717) is 0 Å². The Bertz CT molecular complexity index is 425. The highest BCUT2D eigenvalue weighted by molar-refractivity contribution is 7.10. The third-order valence-corrected chi connectivity index (χ3v) is 4.22. The first kappa shape index (κ1) is 11.6. The Balaban J connectivity index is 2.16. The van der Waals surface area contributed by atoms with Crippen LogP contribution in [-0.4, -0.2) is 19.1 Å². The maximum absolute atomic E-state index is 5.34. The number of hydrogen-bond acceptors (Lipinski definition) is 5. The smallest absolute Gasteiger partial charge is 0.134 e. The molecule has 0 amide bonds. The quantitative estimate of drug-likeness (QED) is 0.891. The predicted molar refractivity (Wildman–Crippen MR) is 68.5 cm³/mol. The Hall–Kier alpha value is -0.910. The van der Waals surface area contributed by atoms with Gasteiger partial charge in [-0.05, 0) is 18.5 Å². The fraction of sp³-hybridized carbons (Fsp3) is 0.364. The van der Waals surface area contributed by atoms with Crippen molar-refractivity contribution in [2.45, 2.75) is 12.5 Å². The summed E-state index contributed by atoms with van der Waals surface area (Å²) in [6, 6.07) is 2.28. The maximum Gasteiger partial charge on any atom is 0.134 e. The van der Waals surface area contributed by atoms with Gasteiger partial charge in [-0.25, -0.2) is 4.98 Å². The van der Waals surface area contributed by atoms with Crippen LogP contribution in [0.1, 0.15) is 15.9 Å². The molecule has 0 aliphatic carbocycles. The fourth-order valence-corrected chi connectivity index (χ4v) is 3.22. The molecule has 1 unspecified atom stereocenters. The molecule has 1 atom stereocenters. The van der Waals surface area contributed by atoms with E-state index in [1.165, 1.54) is 4.88 Å². The lowest BCUT2D eigenvalue weighted by molar-refractivity contribution is 0.405. The number of methoxy groups -OCH3 is 1. The van der Waals surface area contributed by atoms with Crippen LogP contribution in [0.4, 0.5) is 0 Å². The molecule has 0 fully saturated rings. The van der Waals surface area contributed by atoms with E-state index in [0.717, 1.165) is 17.2 Å². The van der Waals surface area contributed by atoms with E-state index in [4.69, 9.17) is 4.74 Å². The topological polar surface area (TPSA) is 34.2 Å². The van der Waals surface area contributed by atoms with Crippen molar-refractivity contribution in [3.05, 3.63) is 32.9 Å². The normalized spacial score (nSPS) is 12.6. The van der Waals surface area contributed by atoms with Crippen molar-refractivity contribution in [3.8, 4) is 5.75 Å². The molecule has 0 aromatic carbocycles. The van der Waals surface area contributed by atoms with E-state index in [-0.39, 0.29) is 6.04 Å². The summed E-state index contributed by atoms with van der Waals surface area (Å²) in [5, 5.41) is 8.53. The van der Waals surface area contributed by atoms with E-state index in [9.17, 15) is 0 Å². The Kier molecular flexibility index (Phi) is 3.93. The molecular weight excluding hydrogens is 240 g/mol. The largest absolute Gasteiger partial charge is 0.496 e. The summed E-state index contributed by atoms with van der Waals surface area (Å²) in [5.41, 5.74) is 0. The van der Waals surface area contributed by atoms with Gasteiger partial charge in [0.15, 0.2) is 0 Å². The van der Waals surface area contributed by atoms with Gasteiger partial charge in [-0.1, -0.05) is 0 Å². The van der Waals surface area contributed by atoms with Gasteiger partial charge >= 0.3 is 0 Å². The van der Waals surface area contributed by atoms with Crippen LogP contribution in [0, 0.1) is 0 Å². The van der Waals surface area contributed by atoms with Crippen LogP contribution in [0.15, 0.2) is 23.0 Å². The Morgan fingerprint density at radius 3 is 2.94 bits per heavy atom. The number of aromatic nitrogens is 1. The van der Waals surface area contributed by atoms with Gasteiger partial charge in [0.25, 0.3) is 0 Å². The minimum absolute atomic E-state index is 0.279. The van der Waals surface area contributed by atoms with Gasteiger partial charge in [0.2, 0.25) is 0 Å². The second-order valence-electron chi connectivity index (χ2n) is 3.32. The first-order valence-electron chi connectivity index (χ1n) is 5.02. The van der Waals surface area contributed by atoms with Crippen molar-refractivity contribution in [1.29, 1.82) is 0 Å². The second-order valence-corrected chi connectivity index (χ2v) is 5.25. The molecule has 0 aliphatic rings. The third-order valence-electron chi connectivity index (χ3n) is 2.40. The molecule has 0 radical (unpaired) electrons. The first-order chi connectivity index (χ1) is 7.85. The molecule has 86 valence electrons. The summed E-state index contributed by atoms with van der Waals surface area (Å²) < 4.78 is 5.34. The van der Waals surface area contributed by atoms with Gasteiger partial charge in [-0.3, -0.25) is 0 Å². The van der Waals surface area contributed by atoms with Gasteiger partial charge in [0.05, 0.1) is 23.0 Å². The molecule has 0 saturated heterocycles. The summed E-state index contributed by atoms with van der Waals surface area (Å²) >= 11 is 3.41. The molecule has 0 bridgehead atoms. The van der Waals surface area contributed by atoms with Crippen molar-refractivity contribution in [2.24, 2.45) is 0 Å². The van der Waals surface area contributed by atoms with E-state index in [2.05, 4.69) is 15.7 Å². The number of rotatable bonds is 5. The average molecular weight is 254 g/mol. The van der Waals surface area contributed by atoms with Gasteiger partial charge in [-0.15, -0.1) is 22.7 Å². The monoisotopic (exact) mass is 254 g/mol. The van der Waals surface area contributed by atoms with Crippen molar-refractivity contribution < 1.29 is 4.74 Å². The Morgan fingerprint density at radius 1 is 1.44 bits per heavy atom. The standard InChI is InChI=1S/C11H14N2OS2/c1-12-8(7-10-13-4-6-15-10)11-9(14-2)3-5-16-11/h3-6,8,12H,7H2,1-2H3. The summed E-state index contributed by atoms with van der Waals surface area (Å²) in [6.07, 6.45) is 2.75. The highest BCUT2D eigenvalue weighted by atomic mass is 32.1. The summed E-state index contributed by atoms with van der Waals surface area (Å²) in [6.45, 7) is 0. The van der Waals surface area contributed by atoms with Crippen molar-refractivity contribution >= 4 is 22.7 Å². The molecule has 2 aromatic heterocycles. The summed E-state index contributed by atoms with van der Waals surface area (Å²) in [7, 11) is 3.68. The van der Waals surface area contributed by atoms with Crippen LogP contribution in [0.2, 0.25) is 0 Å². The number of hydrogen-bond donors (Lipinski definition) is 1. The molecule has 2 heterocycles. The highest BCUT2D eigenvalue weighted by Gasteiger charge is 2.17. The summed E-state index contributed by atoms with van der Waals surface area (Å²) in [5.74, 6) is 0.959. The van der Waals surface area contributed by atoms with Crippen LogP contribution < -0.4 is 10.1 Å². The summed E-state index contributed by atoms with van der Waals surface area (Å²) in [4.78, 5) is 5.55. The maximum atomic E-state index is 5.34. The molecule has 3 nitrogen and oxygen atoms in total. The van der Waals surface area contributed by atoms with Gasteiger partial charge < -0.3 is 10.1 Å². The Labute approximate surface area is 103 Å². The minimum Gasteiger partial charge on any atom is -0.496 e. The molecule has 0 aliphatic heterocycles. The molecule has 0 saturated carbocycles. The van der Waals surface area contributed by atoms with Crippen molar-refractivity contribution in [1.82, 2.24) is 10.3 Å². The lowest BCUT2D eigenvalue weighted by Crippen LogP contribution is -2.18. The van der Waals surface area contributed by atoms with Gasteiger partial charge in [0, 0.05) is 18.0 Å². The van der Waals surface area contributed by atoms with Crippen LogP contribution in [0.3, 0.4) is 0 Å². The van der Waals surface area contributed by atoms with Crippen LogP contribution >= 0.6 is 22.7 Å². The first-order valence-corrected chi connectivity index (χ1v) is 6.78. The molecule has 2 rings (SSSR count). The minimum atomic E-state index is 0.279. The van der Waals surface area contributed by atoms with Crippen LogP contribution in [0.5, 0.6) is 5.75 Å². The zero-order valence-electron chi connectivity index (χ0n) is 9.27. The van der Waals surface area contributed by atoms with E-state index < -0.39 is 0 Å².